The van der Waals surface area contributed by atoms with Gasteiger partial charge in [0.2, 0.25) is 5.91 Å². The Balaban J connectivity index is 1.86. The normalized spacial score (nSPS) is 18.0. The second-order valence-corrected chi connectivity index (χ2v) is 5.16. The van der Waals surface area contributed by atoms with E-state index in [0.29, 0.717) is 31.2 Å². The van der Waals surface area contributed by atoms with E-state index in [1.807, 2.05) is 19.1 Å². The van der Waals surface area contributed by atoms with E-state index in [-0.39, 0.29) is 12.0 Å². The van der Waals surface area contributed by atoms with Gasteiger partial charge in [-0.2, -0.15) is 0 Å². The van der Waals surface area contributed by atoms with Gasteiger partial charge in [0.05, 0.1) is 6.61 Å². The van der Waals surface area contributed by atoms with E-state index < -0.39 is 0 Å². The van der Waals surface area contributed by atoms with Gasteiger partial charge in [0.15, 0.2) is 0 Å². The Bertz CT molecular complexity index is 458. The van der Waals surface area contributed by atoms with Gasteiger partial charge < -0.3 is 14.8 Å². The molecular formula is C15H20ClNO3. The van der Waals surface area contributed by atoms with Crippen molar-refractivity contribution in [3.05, 3.63) is 28.8 Å². The standard InChI is InChI=1S/C15H20ClNO3/c1-2-19-13-6-5-12(16)10-11(13)7-8-17-15(18)14-4-3-9-20-14/h5-6,10,14H,2-4,7-9H2,1H3,(H,17,18)/t14-/m0/s1. The molecule has 1 aliphatic rings. The van der Waals surface area contributed by atoms with Crippen LogP contribution in [-0.2, 0) is 16.0 Å². The lowest BCUT2D eigenvalue weighted by Gasteiger charge is -2.13. The van der Waals surface area contributed by atoms with E-state index in [1.54, 1.807) is 6.07 Å². The van der Waals surface area contributed by atoms with Crippen LogP contribution in [0.5, 0.6) is 5.75 Å². The maximum Gasteiger partial charge on any atom is 0.249 e. The molecule has 2 rings (SSSR count). The zero-order valence-electron chi connectivity index (χ0n) is 11.7. The topological polar surface area (TPSA) is 47.6 Å². The van der Waals surface area contributed by atoms with Gasteiger partial charge in [0, 0.05) is 18.2 Å². The molecule has 1 aromatic carbocycles. The van der Waals surface area contributed by atoms with Crippen LogP contribution in [0.1, 0.15) is 25.3 Å². The van der Waals surface area contributed by atoms with E-state index in [1.165, 1.54) is 0 Å². The maximum atomic E-state index is 11.8. The van der Waals surface area contributed by atoms with Crippen molar-refractivity contribution in [1.29, 1.82) is 0 Å². The average molecular weight is 298 g/mol. The molecule has 0 radical (unpaired) electrons. The molecule has 1 aliphatic heterocycles. The fraction of sp³-hybridized carbons (Fsp3) is 0.533. The van der Waals surface area contributed by atoms with Gasteiger partial charge in [-0.25, -0.2) is 0 Å². The summed E-state index contributed by atoms with van der Waals surface area (Å²) < 4.78 is 10.9. The second-order valence-electron chi connectivity index (χ2n) is 4.73. The molecule has 1 saturated heterocycles. The number of rotatable bonds is 6. The summed E-state index contributed by atoms with van der Waals surface area (Å²) in [5.74, 6) is 0.797. The number of halogens is 1. The van der Waals surface area contributed by atoms with Crippen molar-refractivity contribution in [3.8, 4) is 5.75 Å². The highest BCUT2D eigenvalue weighted by atomic mass is 35.5. The minimum absolute atomic E-state index is 0.0255. The lowest BCUT2D eigenvalue weighted by atomic mass is 10.1. The van der Waals surface area contributed by atoms with Crippen LogP contribution >= 0.6 is 11.6 Å². The molecule has 20 heavy (non-hydrogen) atoms. The van der Waals surface area contributed by atoms with E-state index >= 15 is 0 Å². The predicted octanol–water partition coefficient (Wildman–Crippen LogP) is 2.58. The van der Waals surface area contributed by atoms with Gasteiger partial charge in [-0.1, -0.05) is 11.6 Å². The average Bonchev–Trinajstić information content (AvgIpc) is 2.96. The Morgan fingerprint density at radius 1 is 1.55 bits per heavy atom. The SMILES string of the molecule is CCOc1ccc(Cl)cc1CCNC(=O)[C@@H]1CCCO1. The van der Waals surface area contributed by atoms with Crippen LogP contribution in [0, 0.1) is 0 Å². The monoisotopic (exact) mass is 297 g/mol. The molecule has 1 atom stereocenters. The number of hydrogen-bond donors (Lipinski definition) is 1. The minimum Gasteiger partial charge on any atom is -0.494 e. The number of ether oxygens (including phenoxy) is 2. The summed E-state index contributed by atoms with van der Waals surface area (Å²) in [5, 5.41) is 3.57. The van der Waals surface area contributed by atoms with Gasteiger partial charge in [-0.3, -0.25) is 4.79 Å². The maximum absolute atomic E-state index is 11.8. The highest BCUT2D eigenvalue weighted by Gasteiger charge is 2.22. The van der Waals surface area contributed by atoms with Crippen LogP contribution in [0.3, 0.4) is 0 Å². The molecule has 0 aromatic heterocycles. The first-order valence-corrected chi connectivity index (χ1v) is 7.39. The van der Waals surface area contributed by atoms with Crippen molar-refractivity contribution in [2.75, 3.05) is 19.8 Å². The predicted molar refractivity (Wildman–Crippen MR) is 78.3 cm³/mol. The molecule has 0 bridgehead atoms. The van der Waals surface area contributed by atoms with E-state index in [4.69, 9.17) is 21.1 Å². The highest BCUT2D eigenvalue weighted by Crippen LogP contribution is 2.23. The van der Waals surface area contributed by atoms with Crippen LogP contribution in [0.25, 0.3) is 0 Å². The lowest BCUT2D eigenvalue weighted by Crippen LogP contribution is -2.35. The van der Waals surface area contributed by atoms with Crippen LogP contribution in [0.2, 0.25) is 5.02 Å². The summed E-state index contributed by atoms with van der Waals surface area (Å²) >= 11 is 6.00. The third-order valence-corrected chi connectivity index (χ3v) is 3.47. The van der Waals surface area contributed by atoms with Gasteiger partial charge in [-0.05, 0) is 49.9 Å². The smallest absolute Gasteiger partial charge is 0.249 e. The van der Waals surface area contributed by atoms with E-state index in [0.717, 1.165) is 24.2 Å². The summed E-state index contributed by atoms with van der Waals surface area (Å²) in [6.45, 7) is 3.79. The molecule has 4 nitrogen and oxygen atoms in total. The Hall–Kier alpha value is -1.26. The summed E-state index contributed by atoms with van der Waals surface area (Å²) in [6, 6.07) is 5.55. The molecule has 0 aliphatic carbocycles. The Morgan fingerprint density at radius 2 is 2.40 bits per heavy atom. The molecule has 110 valence electrons. The Morgan fingerprint density at radius 3 is 3.10 bits per heavy atom. The van der Waals surface area contributed by atoms with Gasteiger partial charge in [-0.15, -0.1) is 0 Å². The number of carbonyl (C=O) groups excluding carboxylic acids is 1. The van der Waals surface area contributed by atoms with Crippen molar-refractivity contribution in [2.45, 2.75) is 32.3 Å². The third kappa shape index (κ3) is 4.12. The highest BCUT2D eigenvalue weighted by molar-refractivity contribution is 6.30. The Kier molecular flexibility index (Phi) is 5.68. The zero-order valence-corrected chi connectivity index (χ0v) is 12.4. The number of nitrogens with one attached hydrogen (secondary N) is 1. The van der Waals surface area contributed by atoms with Crippen molar-refractivity contribution >= 4 is 17.5 Å². The minimum atomic E-state index is -0.277. The molecule has 1 aromatic rings. The fourth-order valence-corrected chi connectivity index (χ4v) is 2.45. The third-order valence-electron chi connectivity index (χ3n) is 3.24. The molecule has 1 heterocycles. The van der Waals surface area contributed by atoms with Crippen LogP contribution < -0.4 is 10.1 Å². The molecule has 0 spiro atoms. The molecule has 1 amide bonds. The quantitative estimate of drug-likeness (QED) is 0.878. The number of carbonyl (C=O) groups is 1. The molecule has 5 heteroatoms. The first-order chi connectivity index (χ1) is 9.70. The zero-order chi connectivity index (χ0) is 14.4. The van der Waals surface area contributed by atoms with Gasteiger partial charge in [0.25, 0.3) is 0 Å². The Labute approximate surface area is 124 Å². The van der Waals surface area contributed by atoms with Crippen molar-refractivity contribution in [2.24, 2.45) is 0 Å². The molecular weight excluding hydrogens is 278 g/mol. The van der Waals surface area contributed by atoms with Crippen LogP contribution in [-0.4, -0.2) is 31.8 Å². The largest absolute Gasteiger partial charge is 0.494 e. The molecule has 1 N–H and O–H groups in total. The van der Waals surface area contributed by atoms with Crippen LogP contribution in [0.4, 0.5) is 0 Å². The lowest BCUT2D eigenvalue weighted by molar-refractivity contribution is -0.129. The number of benzene rings is 1. The fourth-order valence-electron chi connectivity index (χ4n) is 2.26. The second kappa shape index (κ2) is 7.50. The van der Waals surface area contributed by atoms with Crippen LogP contribution in [0.15, 0.2) is 18.2 Å². The van der Waals surface area contributed by atoms with Crippen molar-refractivity contribution in [1.82, 2.24) is 5.32 Å². The molecule has 1 fully saturated rings. The summed E-state index contributed by atoms with van der Waals surface area (Å²) in [4.78, 5) is 11.8. The van der Waals surface area contributed by atoms with Crippen molar-refractivity contribution < 1.29 is 14.3 Å². The summed E-state index contributed by atoms with van der Waals surface area (Å²) in [5.41, 5.74) is 1.01. The van der Waals surface area contributed by atoms with Gasteiger partial charge in [0.1, 0.15) is 11.9 Å². The van der Waals surface area contributed by atoms with E-state index in [9.17, 15) is 4.79 Å². The summed E-state index contributed by atoms with van der Waals surface area (Å²) in [6.07, 6.45) is 2.18. The van der Waals surface area contributed by atoms with Gasteiger partial charge >= 0.3 is 0 Å². The number of amides is 1. The first kappa shape index (κ1) is 15.1. The molecule has 0 saturated carbocycles. The first-order valence-electron chi connectivity index (χ1n) is 7.01. The van der Waals surface area contributed by atoms with Crippen molar-refractivity contribution in [3.63, 3.8) is 0 Å². The van der Waals surface area contributed by atoms with E-state index in [2.05, 4.69) is 5.32 Å². The number of hydrogen-bond acceptors (Lipinski definition) is 3. The summed E-state index contributed by atoms with van der Waals surface area (Å²) in [7, 11) is 0. The molecule has 0 unspecified atom stereocenters.